The molecule has 0 unspecified atom stereocenters. The Morgan fingerprint density at radius 1 is 1.16 bits per heavy atom. The minimum absolute atomic E-state index is 0.362. The number of hydrogen-bond acceptors (Lipinski definition) is 3. The summed E-state index contributed by atoms with van der Waals surface area (Å²) >= 11 is 0. The first-order valence-electron chi connectivity index (χ1n) is 6.01. The van der Waals surface area contributed by atoms with Gasteiger partial charge in [0.05, 0.1) is 6.61 Å². The average Bonchev–Trinajstić information content (AvgIpc) is 2.36. The van der Waals surface area contributed by atoms with Crippen molar-refractivity contribution in [2.24, 2.45) is 0 Å². The van der Waals surface area contributed by atoms with Crippen LogP contribution in [-0.4, -0.2) is 18.4 Å². The van der Waals surface area contributed by atoms with E-state index in [0.29, 0.717) is 17.9 Å². The standard InChI is InChI=1S/C14H18N2O3/c1-4-19-12-7-5-11(6-8-12)14(18)16-15-13(17)9-10(2)3/h5-9H,4H2,1-3H3,(H,15,17)(H,16,18). The number of hydrazine groups is 1. The molecule has 102 valence electrons. The van der Waals surface area contributed by atoms with Gasteiger partial charge in [0.2, 0.25) is 0 Å². The van der Waals surface area contributed by atoms with Gasteiger partial charge in [0.15, 0.2) is 0 Å². The Labute approximate surface area is 112 Å². The number of amides is 2. The summed E-state index contributed by atoms with van der Waals surface area (Å²) in [4.78, 5) is 23.0. The third kappa shape index (κ3) is 5.25. The van der Waals surface area contributed by atoms with E-state index in [1.54, 1.807) is 38.1 Å². The quantitative estimate of drug-likeness (QED) is 0.642. The Bertz CT molecular complexity index is 474. The van der Waals surface area contributed by atoms with Gasteiger partial charge in [-0.2, -0.15) is 0 Å². The number of benzene rings is 1. The van der Waals surface area contributed by atoms with Crippen molar-refractivity contribution in [3.63, 3.8) is 0 Å². The fourth-order valence-electron chi connectivity index (χ4n) is 1.36. The average molecular weight is 262 g/mol. The van der Waals surface area contributed by atoms with Gasteiger partial charge < -0.3 is 4.74 Å². The Kier molecular flexibility index (Phi) is 5.60. The van der Waals surface area contributed by atoms with Gasteiger partial charge in [0, 0.05) is 11.6 Å². The zero-order chi connectivity index (χ0) is 14.3. The number of nitrogens with one attached hydrogen (secondary N) is 2. The maximum absolute atomic E-state index is 11.7. The molecule has 19 heavy (non-hydrogen) atoms. The highest BCUT2D eigenvalue weighted by Crippen LogP contribution is 2.11. The van der Waals surface area contributed by atoms with Crippen molar-refractivity contribution < 1.29 is 14.3 Å². The molecule has 5 nitrogen and oxygen atoms in total. The molecule has 0 spiro atoms. The summed E-state index contributed by atoms with van der Waals surface area (Å²) in [6.45, 7) is 6.06. The van der Waals surface area contributed by atoms with Gasteiger partial charge >= 0.3 is 0 Å². The van der Waals surface area contributed by atoms with Crippen molar-refractivity contribution in [2.75, 3.05) is 6.61 Å². The minimum atomic E-state index is -0.376. The largest absolute Gasteiger partial charge is 0.494 e. The fraction of sp³-hybridized carbons (Fsp3) is 0.286. The van der Waals surface area contributed by atoms with Crippen LogP contribution in [0.2, 0.25) is 0 Å². The third-order valence-corrected chi connectivity index (χ3v) is 2.15. The Balaban J connectivity index is 2.54. The fourth-order valence-corrected chi connectivity index (χ4v) is 1.36. The highest BCUT2D eigenvalue weighted by Gasteiger charge is 2.06. The third-order valence-electron chi connectivity index (χ3n) is 2.15. The molecule has 5 heteroatoms. The lowest BCUT2D eigenvalue weighted by Crippen LogP contribution is -2.40. The highest BCUT2D eigenvalue weighted by atomic mass is 16.5. The number of allylic oxidation sites excluding steroid dienone is 1. The maximum atomic E-state index is 11.7. The monoisotopic (exact) mass is 262 g/mol. The molecule has 0 aliphatic rings. The number of carbonyl (C=O) groups excluding carboxylic acids is 2. The Morgan fingerprint density at radius 2 is 1.79 bits per heavy atom. The van der Waals surface area contributed by atoms with Gasteiger partial charge in [-0.05, 0) is 45.0 Å². The summed E-state index contributed by atoms with van der Waals surface area (Å²) in [6.07, 6.45) is 1.40. The van der Waals surface area contributed by atoms with E-state index in [4.69, 9.17) is 4.74 Å². The van der Waals surface area contributed by atoms with Crippen LogP contribution in [-0.2, 0) is 4.79 Å². The first kappa shape index (κ1) is 14.8. The van der Waals surface area contributed by atoms with Gasteiger partial charge in [-0.3, -0.25) is 20.4 Å². The van der Waals surface area contributed by atoms with Crippen LogP contribution in [0.15, 0.2) is 35.9 Å². The van der Waals surface area contributed by atoms with E-state index in [1.807, 2.05) is 6.92 Å². The van der Waals surface area contributed by atoms with Crippen molar-refractivity contribution in [1.82, 2.24) is 10.9 Å². The van der Waals surface area contributed by atoms with E-state index < -0.39 is 0 Å². The first-order valence-corrected chi connectivity index (χ1v) is 6.01. The van der Waals surface area contributed by atoms with Crippen LogP contribution in [0.25, 0.3) is 0 Å². The number of ether oxygens (including phenoxy) is 1. The predicted octanol–water partition coefficient (Wildman–Crippen LogP) is 1.81. The summed E-state index contributed by atoms with van der Waals surface area (Å²) in [5, 5.41) is 0. The van der Waals surface area contributed by atoms with Crippen LogP contribution in [0, 0.1) is 0 Å². The van der Waals surface area contributed by atoms with Gasteiger partial charge in [-0.1, -0.05) is 5.57 Å². The Hall–Kier alpha value is -2.30. The number of hydrogen-bond donors (Lipinski definition) is 2. The Morgan fingerprint density at radius 3 is 2.32 bits per heavy atom. The van der Waals surface area contributed by atoms with Crippen LogP contribution >= 0.6 is 0 Å². The molecule has 1 rings (SSSR count). The highest BCUT2D eigenvalue weighted by molar-refractivity contribution is 5.97. The lowest BCUT2D eigenvalue weighted by Gasteiger charge is -2.07. The van der Waals surface area contributed by atoms with E-state index in [1.165, 1.54) is 6.08 Å². The molecule has 0 bridgehead atoms. The number of rotatable bonds is 4. The van der Waals surface area contributed by atoms with E-state index >= 15 is 0 Å². The van der Waals surface area contributed by atoms with Crippen LogP contribution in [0.1, 0.15) is 31.1 Å². The second kappa shape index (κ2) is 7.20. The van der Waals surface area contributed by atoms with E-state index in [9.17, 15) is 9.59 Å². The number of carbonyl (C=O) groups is 2. The zero-order valence-corrected chi connectivity index (χ0v) is 11.3. The molecule has 2 amide bonds. The summed E-state index contributed by atoms with van der Waals surface area (Å²) in [7, 11) is 0. The molecule has 1 aromatic carbocycles. The molecule has 0 atom stereocenters. The lowest BCUT2D eigenvalue weighted by atomic mass is 10.2. The zero-order valence-electron chi connectivity index (χ0n) is 11.3. The molecule has 1 aromatic rings. The molecule has 0 aliphatic heterocycles. The second-order valence-corrected chi connectivity index (χ2v) is 4.12. The molecule has 0 heterocycles. The van der Waals surface area contributed by atoms with Crippen LogP contribution < -0.4 is 15.6 Å². The topological polar surface area (TPSA) is 67.4 Å². The smallest absolute Gasteiger partial charge is 0.269 e. The molecule has 0 saturated heterocycles. The molecule has 0 aromatic heterocycles. The molecule has 0 saturated carbocycles. The second-order valence-electron chi connectivity index (χ2n) is 4.12. The van der Waals surface area contributed by atoms with Gasteiger partial charge in [-0.25, -0.2) is 0 Å². The SMILES string of the molecule is CCOc1ccc(C(=O)NNC(=O)C=C(C)C)cc1. The van der Waals surface area contributed by atoms with Crippen molar-refractivity contribution >= 4 is 11.8 Å². The lowest BCUT2D eigenvalue weighted by molar-refractivity contribution is -0.117. The van der Waals surface area contributed by atoms with Gasteiger partial charge in [0.1, 0.15) is 5.75 Å². The summed E-state index contributed by atoms with van der Waals surface area (Å²) in [6, 6.07) is 6.67. The van der Waals surface area contributed by atoms with Crippen LogP contribution in [0.4, 0.5) is 0 Å². The van der Waals surface area contributed by atoms with Crippen LogP contribution in [0.3, 0.4) is 0 Å². The molecule has 2 N–H and O–H groups in total. The molecular formula is C14H18N2O3. The van der Waals surface area contributed by atoms with E-state index in [0.717, 1.165) is 5.57 Å². The van der Waals surface area contributed by atoms with Gasteiger partial charge in [-0.15, -0.1) is 0 Å². The first-order chi connectivity index (χ1) is 9.02. The van der Waals surface area contributed by atoms with Gasteiger partial charge in [0.25, 0.3) is 11.8 Å². The van der Waals surface area contributed by atoms with E-state index in [-0.39, 0.29) is 11.8 Å². The van der Waals surface area contributed by atoms with Crippen LogP contribution in [0.5, 0.6) is 5.75 Å². The predicted molar refractivity (Wildman–Crippen MR) is 72.7 cm³/mol. The normalized spacial score (nSPS) is 9.42. The summed E-state index contributed by atoms with van der Waals surface area (Å²) in [5.74, 6) is -0.0366. The van der Waals surface area contributed by atoms with Crippen molar-refractivity contribution in [3.05, 3.63) is 41.5 Å². The molecule has 0 aliphatic carbocycles. The molecular weight excluding hydrogens is 244 g/mol. The minimum Gasteiger partial charge on any atom is -0.494 e. The summed E-state index contributed by atoms with van der Waals surface area (Å²) < 4.78 is 5.27. The molecule has 0 fully saturated rings. The molecule has 0 radical (unpaired) electrons. The van der Waals surface area contributed by atoms with E-state index in [2.05, 4.69) is 10.9 Å². The van der Waals surface area contributed by atoms with Crippen molar-refractivity contribution in [3.8, 4) is 5.75 Å². The maximum Gasteiger partial charge on any atom is 0.269 e. The van der Waals surface area contributed by atoms with Crippen molar-refractivity contribution in [1.29, 1.82) is 0 Å². The summed E-state index contributed by atoms with van der Waals surface area (Å²) in [5.41, 5.74) is 5.94. The van der Waals surface area contributed by atoms with Crippen molar-refractivity contribution in [2.45, 2.75) is 20.8 Å².